The number of esters is 1. The number of carbonyl (C=O) groups excluding carboxylic acids is 3. The van der Waals surface area contributed by atoms with Crippen molar-refractivity contribution < 1.29 is 29.2 Å². The Morgan fingerprint density at radius 1 is 1.19 bits per heavy atom. The molecule has 0 spiro atoms. The standard InChI is InChI=1S/C21H20N4O7/c1-32-21(29)16-10-15(25(30)31)6-7-17(16)22-12-13-2-4-14(5-3-13)23-18-11-19(27)24(8-9-26)20(18)28/h2-7,10-11,22-23,26H,8-9,12H2,1H3. The molecule has 0 aromatic heterocycles. The van der Waals surface area contributed by atoms with Crippen molar-refractivity contribution in [2.45, 2.75) is 6.54 Å². The number of methoxy groups -OCH3 is 1. The average Bonchev–Trinajstić information content (AvgIpc) is 3.05. The molecular formula is C21H20N4O7. The Labute approximate surface area is 182 Å². The van der Waals surface area contributed by atoms with Crippen LogP contribution in [0.25, 0.3) is 0 Å². The van der Waals surface area contributed by atoms with Crippen LogP contribution in [0.3, 0.4) is 0 Å². The Bertz CT molecular complexity index is 1100. The maximum absolute atomic E-state index is 12.2. The first-order chi connectivity index (χ1) is 15.3. The van der Waals surface area contributed by atoms with E-state index in [1.807, 2.05) is 0 Å². The monoisotopic (exact) mass is 440 g/mol. The second-order valence-corrected chi connectivity index (χ2v) is 6.73. The molecule has 1 aliphatic rings. The first-order valence-corrected chi connectivity index (χ1v) is 9.49. The van der Waals surface area contributed by atoms with E-state index >= 15 is 0 Å². The Morgan fingerprint density at radius 3 is 2.53 bits per heavy atom. The molecule has 0 saturated heterocycles. The van der Waals surface area contributed by atoms with Gasteiger partial charge in [-0.1, -0.05) is 12.1 Å². The summed E-state index contributed by atoms with van der Waals surface area (Å²) in [4.78, 5) is 47.3. The lowest BCUT2D eigenvalue weighted by Gasteiger charge is -2.14. The summed E-state index contributed by atoms with van der Waals surface area (Å²) >= 11 is 0. The lowest BCUT2D eigenvalue weighted by atomic mass is 10.1. The van der Waals surface area contributed by atoms with Crippen molar-refractivity contribution in [1.29, 1.82) is 0 Å². The molecule has 0 saturated carbocycles. The van der Waals surface area contributed by atoms with Crippen LogP contribution in [0.2, 0.25) is 0 Å². The number of nitrogens with zero attached hydrogens (tertiary/aromatic N) is 2. The number of β-amino-alcohol motifs (C(OH)–C–C–N with tert-alkyl or cyclic N) is 1. The number of rotatable bonds is 9. The fraction of sp³-hybridized carbons (Fsp3) is 0.190. The average molecular weight is 440 g/mol. The van der Waals surface area contributed by atoms with E-state index in [1.165, 1.54) is 25.3 Å². The third kappa shape index (κ3) is 4.90. The topological polar surface area (TPSA) is 151 Å². The van der Waals surface area contributed by atoms with E-state index in [1.54, 1.807) is 24.3 Å². The number of nitro benzene ring substituents is 1. The van der Waals surface area contributed by atoms with Gasteiger partial charge in [-0.25, -0.2) is 4.79 Å². The number of carbonyl (C=O) groups is 3. The van der Waals surface area contributed by atoms with E-state index in [-0.39, 0.29) is 30.1 Å². The highest BCUT2D eigenvalue weighted by molar-refractivity contribution is 6.17. The number of non-ortho nitro benzene ring substituents is 1. The molecule has 0 bridgehead atoms. The molecule has 11 nitrogen and oxygen atoms in total. The number of amides is 2. The Hall–Kier alpha value is -4.25. The van der Waals surface area contributed by atoms with E-state index in [4.69, 9.17) is 9.84 Å². The number of aliphatic hydroxyl groups excluding tert-OH is 1. The van der Waals surface area contributed by atoms with Crippen molar-refractivity contribution in [3.8, 4) is 0 Å². The smallest absolute Gasteiger partial charge is 0.340 e. The number of nitrogens with one attached hydrogen (secondary N) is 2. The number of nitro groups is 1. The number of ether oxygens (including phenoxy) is 1. The van der Waals surface area contributed by atoms with Gasteiger partial charge in [0.1, 0.15) is 5.70 Å². The minimum absolute atomic E-state index is 0.0452. The molecule has 166 valence electrons. The molecule has 1 aliphatic heterocycles. The van der Waals surface area contributed by atoms with E-state index in [2.05, 4.69) is 10.6 Å². The summed E-state index contributed by atoms with van der Waals surface area (Å²) in [5.74, 6) is -1.70. The molecule has 3 N–H and O–H groups in total. The van der Waals surface area contributed by atoms with Crippen LogP contribution in [0.4, 0.5) is 17.1 Å². The van der Waals surface area contributed by atoms with Gasteiger partial charge in [0.15, 0.2) is 0 Å². The zero-order chi connectivity index (χ0) is 23.3. The largest absolute Gasteiger partial charge is 0.465 e. The van der Waals surface area contributed by atoms with Crippen LogP contribution in [0.5, 0.6) is 0 Å². The van der Waals surface area contributed by atoms with Gasteiger partial charge in [0, 0.05) is 36.1 Å². The van der Waals surface area contributed by atoms with Crippen LogP contribution in [0.15, 0.2) is 54.2 Å². The molecule has 2 aromatic carbocycles. The molecule has 0 atom stereocenters. The summed E-state index contributed by atoms with van der Waals surface area (Å²) in [6.45, 7) is -0.0701. The van der Waals surface area contributed by atoms with Gasteiger partial charge in [-0.15, -0.1) is 0 Å². The lowest BCUT2D eigenvalue weighted by Crippen LogP contribution is -2.34. The summed E-state index contributed by atoms with van der Waals surface area (Å²) in [5.41, 5.74) is 1.73. The Morgan fingerprint density at radius 2 is 1.91 bits per heavy atom. The van der Waals surface area contributed by atoms with Gasteiger partial charge in [-0.05, 0) is 23.8 Å². The minimum atomic E-state index is -0.699. The van der Waals surface area contributed by atoms with Crippen molar-refractivity contribution >= 4 is 34.8 Å². The molecule has 2 amide bonds. The predicted octanol–water partition coefficient (Wildman–Crippen LogP) is 1.65. The number of aliphatic hydroxyl groups is 1. The molecule has 0 fully saturated rings. The molecular weight excluding hydrogens is 420 g/mol. The lowest BCUT2D eigenvalue weighted by molar-refractivity contribution is -0.384. The van der Waals surface area contributed by atoms with Gasteiger partial charge >= 0.3 is 5.97 Å². The molecule has 0 unspecified atom stereocenters. The van der Waals surface area contributed by atoms with Gasteiger partial charge in [0.2, 0.25) is 0 Å². The molecule has 2 aromatic rings. The summed E-state index contributed by atoms with van der Waals surface area (Å²) in [7, 11) is 1.19. The first kappa shape index (κ1) is 22.4. The predicted molar refractivity (Wildman–Crippen MR) is 114 cm³/mol. The van der Waals surface area contributed by atoms with Crippen LogP contribution in [-0.4, -0.2) is 53.0 Å². The molecule has 0 radical (unpaired) electrons. The molecule has 1 heterocycles. The number of imide groups is 1. The fourth-order valence-electron chi connectivity index (χ4n) is 3.05. The SMILES string of the molecule is COC(=O)c1cc([N+](=O)[O-])ccc1NCc1ccc(NC2=CC(=O)N(CCO)C2=O)cc1. The quantitative estimate of drug-likeness (QED) is 0.229. The zero-order valence-electron chi connectivity index (χ0n) is 17.0. The summed E-state index contributed by atoms with van der Waals surface area (Å²) in [6, 6.07) is 10.8. The van der Waals surface area contributed by atoms with Gasteiger partial charge < -0.3 is 20.5 Å². The van der Waals surface area contributed by atoms with E-state index in [0.717, 1.165) is 16.5 Å². The van der Waals surface area contributed by atoms with Gasteiger partial charge in [-0.2, -0.15) is 0 Å². The second-order valence-electron chi connectivity index (χ2n) is 6.73. The van der Waals surface area contributed by atoms with Crippen LogP contribution >= 0.6 is 0 Å². The molecule has 32 heavy (non-hydrogen) atoms. The zero-order valence-corrected chi connectivity index (χ0v) is 17.0. The maximum atomic E-state index is 12.2. The number of hydrogen-bond donors (Lipinski definition) is 3. The summed E-state index contributed by atoms with van der Waals surface area (Å²) in [6.07, 6.45) is 1.18. The second kappa shape index (κ2) is 9.71. The van der Waals surface area contributed by atoms with Crippen LogP contribution in [0, 0.1) is 10.1 Å². The van der Waals surface area contributed by atoms with Gasteiger partial charge in [0.25, 0.3) is 17.5 Å². The number of benzene rings is 2. The first-order valence-electron chi connectivity index (χ1n) is 9.49. The van der Waals surface area contributed by atoms with Crippen LogP contribution < -0.4 is 10.6 Å². The van der Waals surface area contributed by atoms with Crippen molar-refractivity contribution in [2.75, 3.05) is 30.9 Å². The van der Waals surface area contributed by atoms with Crippen molar-refractivity contribution in [3.05, 3.63) is 75.5 Å². The van der Waals surface area contributed by atoms with Gasteiger partial charge in [-0.3, -0.25) is 24.6 Å². The summed E-state index contributed by atoms with van der Waals surface area (Å²) in [5, 5.41) is 25.9. The maximum Gasteiger partial charge on any atom is 0.340 e. The normalized spacial score (nSPS) is 13.1. The Kier molecular flexibility index (Phi) is 6.80. The van der Waals surface area contributed by atoms with Crippen molar-refractivity contribution in [2.24, 2.45) is 0 Å². The third-order valence-electron chi connectivity index (χ3n) is 4.67. The van der Waals surface area contributed by atoms with E-state index in [0.29, 0.717) is 17.9 Å². The number of hydrogen-bond acceptors (Lipinski definition) is 9. The molecule has 11 heteroatoms. The third-order valence-corrected chi connectivity index (χ3v) is 4.67. The highest BCUT2D eigenvalue weighted by atomic mass is 16.6. The fourth-order valence-corrected chi connectivity index (χ4v) is 3.05. The number of anilines is 2. The van der Waals surface area contributed by atoms with Crippen LogP contribution in [-0.2, 0) is 20.9 Å². The van der Waals surface area contributed by atoms with Crippen molar-refractivity contribution in [1.82, 2.24) is 4.90 Å². The molecule has 3 rings (SSSR count). The highest BCUT2D eigenvalue weighted by Crippen LogP contribution is 2.24. The minimum Gasteiger partial charge on any atom is -0.465 e. The highest BCUT2D eigenvalue weighted by Gasteiger charge is 2.30. The van der Waals surface area contributed by atoms with E-state index in [9.17, 15) is 24.5 Å². The summed E-state index contributed by atoms with van der Waals surface area (Å²) < 4.78 is 4.70. The molecule has 0 aliphatic carbocycles. The Balaban J connectivity index is 1.66. The van der Waals surface area contributed by atoms with Gasteiger partial charge in [0.05, 0.1) is 30.7 Å². The van der Waals surface area contributed by atoms with E-state index < -0.39 is 22.7 Å². The van der Waals surface area contributed by atoms with Crippen molar-refractivity contribution in [3.63, 3.8) is 0 Å². The van der Waals surface area contributed by atoms with Crippen LogP contribution in [0.1, 0.15) is 15.9 Å².